The number of methoxy groups -OCH3 is 1. The van der Waals surface area contributed by atoms with Gasteiger partial charge >= 0.3 is 24.4 Å². The Bertz CT molecular complexity index is 1680. The number of ether oxygens (including phenoxy) is 2. The Kier molecular flexibility index (Phi) is 9.41. The van der Waals surface area contributed by atoms with Crippen LogP contribution in [0.4, 0.5) is 37.0 Å². The number of hydrogen-bond donors (Lipinski definition) is 1. The van der Waals surface area contributed by atoms with Crippen LogP contribution in [-0.2, 0) is 39.6 Å². The fraction of sp³-hybridized carbons (Fsp3) is 0.406. The molecule has 0 aliphatic carbocycles. The number of nitrogens with zero attached hydrogens (tertiary/aromatic N) is 3. The number of aromatic nitrogens is 1. The molecule has 8 nitrogen and oxygen atoms in total. The van der Waals surface area contributed by atoms with Crippen molar-refractivity contribution in [2.24, 2.45) is 0 Å². The van der Waals surface area contributed by atoms with Crippen LogP contribution in [0.25, 0.3) is 11.1 Å². The number of benzene rings is 2. The molecule has 2 atom stereocenters. The molecule has 0 saturated carbocycles. The standard InChI is InChI=1S/C32H30BrF6N3O5/c1-16-26(22-11-18(5-7-24(22)43)6-8-25(44)46-3)23(40-29(27(16)33)41-9-4-10-41)15-42-17(2)28(47-30(42)45)19-12-20(31(34,35)36)14-21(13-19)32(37,38)39/h5,7,11-14,17,28,43H,4,6,8-10,15H2,1-3H3/t17-,28-/m0/s1. The van der Waals surface area contributed by atoms with Gasteiger partial charge in [0.05, 0.1) is 41.0 Å². The first-order valence-electron chi connectivity index (χ1n) is 14.6. The molecule has 3 aromatic rings. The zero-order valence-corrected chi connectivity index (χ0v) is 27.0. The number of halogens is 7. The van der Waals surface area contributed by atoms with Crippen molar-refractivity contribution in [1.29, 1.82) is 0 Å². The van der Waals surface area contributed by atoms with Gasteiger partial charge in [-0.3, -0.25) is 9.69 Å². The minimum atomic E-state index is -5.07. The molecule has 1 aromatic heterocycles. The summed E-state index contributed by atoms with van der Waals surface area (Å²) in [7, 11) is 1.28. The van der Waals surface area contributed by atoms with E-state index in [9.17, 15) is 41.0 Å². The molecule has 2 saturated heterocycles. The van der Waals surface area contributed by atoms with E-state index in [2.05, 4.69) is 15.9 Å². The molecule has 47 heavy (non-hydrogen) atoms. The van der Waals surface area contributed by atoms with Gasteiger partial charge in [0.15, 0.2) is 0 Å². The fourth-order valence-corrected chi connectivity index (χ4v) is 6.23. The van der Waals surface area contributed by atoms with E-state index >= 15 is 0 Å². The highest BCUT2D eigenvalue weighted by Gasteiger charge is 2.44. The Morgan fingerprint density at radius 2 is 1.72 bits per heavy atom. The number of phenols is 1. The summed E-state index contributed by atoms with van der Waals surface area (Å²) in [6.45, 7) is 4.47. The van der Waals surface area contributed by atoms with Crippen LogP contribution < -0.4 is 4.90 Å². The van der Waals surface area contributed by atoms with Crippen LogP contribution in [0.3, 0.4) is 0 Å². The third-order valence-electron chi connectivity index (χ3n) is 8.41. The normalized spacial score (nSPS) is 18.3. The van der Waals surface area contributed by atoms with Crippen molar-refractivity contribution in [3.63, 3.8) is 0 Å². The quantitative estimate of drug-likeness (QED) is 0.186. The molecule has 2 aliphatic rings. The molecule has 2 aromatic carbocycles. The third-order valence-corrected chi connectivity index (χ3v) is 9.36. The van der Waals surface area contributed by atoms with Gasteiger partial charge in [0, 0.05) is 30.6 Å². The van der Waals surface area contributed by atoms with E-state index in [1.165, 1.54) is 25.0 Å². The maximum atomic E-state index is 13.6. The van der Waals surface area contributed by atoms with Crippen molar-refractivity contribution >= 4 is 33.8 Å². The Morgan fingerprint density at radius 3 is 2.28 bits per heavy atom. The van der Waals surface area contributed by atoms with Crippen molar-refractivity contribution < 1.29 is 50.5 Å². The first-order chi connectivity index (χ1) is 22.0. The van der Waals surface area contributed by atoms with Gasteiger partial charge in [-0.05, 0) is 89.6 Å². The minimum absolute atomic E-state index is 0.0204. The van der Waals surface area contributed by atoms with E-state index < -0.39 is 53.3 Å². The summed E-state index contributed by atoms with van der Waals surface area (Å²) in [5, 5.41) is 11.0. The molecule has 1 amide bonds. The van der Waals surface area contributed by atoms with E-state index in [4.69, 9.17) is 14.5 Å². The summed E-state index contributed by atoms with van der Waals surface area (Å²) in [5.41, 5.74) is -0.979. The third kappa shape index (κ3) is 6.99. The van der Waals surface area contributed by atoms with Gasteiger partial charge in [0.25, 0.3) is 0 Å². The zero-order chi connectivity index (χ0) is 34.4. The number of anilines is 1. The predicted molar refractivity (Wildman–Crippen MR) is 162 cm³/mol. The lowest BCUT2D eigenvalue weighted by atomic mass is 9.94. The van der Waals surface area contributed by atoms with Gasteiger partial charge in [-0.1, -0.05) is 6.07 Å². The molecule has 2 fully saturated rings. The number of aromatic hydroxyl groups is 1. The highest BCUT2D eigenvalue weighted by molar-refractivity contribution is 9.10. The Balaban J connectivity index is 1.57. The van der Waals surface area contributed by atoms with Crippen LogP contribution >= 0.6 is 15.9 Å². The SMILES string of the molecule is COC(=O)CCc1ccc(O)c(-c2c(CN3C(=O)O[C@H](c4cc(C(F)(F)F)cc(C(F)(F)F)c4)[C@@H]3C)nc(N3CCC3)c(Br)c2C)c1. The molecule has 1 N–H and O–H groups in total. The molecule has 3 heterocycles. The molecule has 252 valence electrons. The second-order valence-corrected chi connectivity index (χ2v) is 12.3. The second kappa shape index (κ2) is 12.9. The Hall–Kier alpha value is -4.01. The summed E-state index contributed by atoms with van der Waals surface area (Å²) in [5.74, 6) is 0.0532. The molecule has 5 rings (SSSR count). The highest BCUT2D eigenvalue weighted by atomic mass is 79.9. The highest BCUT2D eigenvalue weighted by Crippen LogP contribution is 2.44. The van der Waals surface area contributed by atoms with E-state index in [0.29, 0.717) is 56.8 Å². The number of rotatable bonds is 8. The first-order valence-corrected chi connectivity index (χ1v) is 15.4. The van der Waals surface area contributed by atoms with Gasteiger partial charge in [-0.2, -0.15) is 26.3 Å². The number of amides is 1. The molecule has 0 spiro atoms. The van der Waals surface area contributed by atoms with E-state index in [0.717, 1.165) is 19.5 Å². The minimum Gasteiger partial charge on any atom is -0.507 e. The molecule has 0 unspecified atom stereocenters. The topological polar surface area (TPSA) is 92.2 Å². The summed E-state index contributed by atoms with van der Waals surface area (Å²) in [6, 6.07) is 4.95. The van der Waals surface area contributed by atoms with Crippen LogP contribution in [0.2, 0.25) is 0 Å². The molecule has 0 radical (unpaired) electrons. The first kappa shape index (κ1) is 34.3. The van der Waals surface area contributed by atoms with Crippen molar-refractivity contribution in [3.05, 3.63) is 74.4 Å². The van der Waals surface area contributed by atoms with Crippen molar-refractivity contribution in [2.75, 3.05) is 25.1 Å². The van der Waals surface area contributed by atoms with Crippen LogP contribution in [0.1, 0.15) is 59.4 Å². The number of phenolic OH excluding ortho intramolecular Hbond substituents is 1. The van der Waals surface area contributed by atoms with E-state index in [-0.39, 0.29) is 24.8 Å². The molecular weight excluding hydrogens is 700 g/mol. The lowest BCUT2D eigenvalue weighted by Crippen LogP contribution is -2.38. The smallest absolute Gasteiger partial charge is 0.416 e. The predicted octanol–water partition coefficient (Wildman–Crippen LogP) is 7.96. The van der Waals surface area contributed by atoms with Crippen LogP contribution in [-0.4, -0.2) is 53.3 Å². The summed E-state index contributed by atoms with van der Waals surface area (Å²) >= 11 is 3.63. The number of pyridine rings is 1. The largest absolute Gasteiger partial charge is 0.507 e. The van der Waals surface area contributed by atoms with Gasteiger partial charge in [0.2, 0.25) is 0 Å². The lowest BCUT2D eigenvalue weighted by molar-refractivity contribution is -0.143. The molecular formula is C32H30BrF6N3O5. The fourth-order valence-electron chi connectivity index (χ4n) is 5.69. The number of alkyl halides is 6. The van der Waals surface area contributed by atoms with Crippen molar-refractivity contribution in [1.82, 2.24) is 9.88 Å². The summed E-state index contributed by atoms with van der Waals surface area (Å²) < 4.78 is 92.4. The number of carbonyl (C=O) groups is 2. The molecule has 0 bridgehead atoms. The van der Waals surface area contributed by atoms with Crippen LogP contribution in [0, 0.1) is 6.92 Å². The zero-order valence-electron chi connectivity index (χ0n) is 25.4. The average molecular weight is 730 g/mol. The van der Waals surface area contributed by atoms with Gasteiger partial charge in [-0.15, -0.1) is 0 Å². The molecule has 15 heteroatoms. The summed E-state index contributed by atoms with van der Waals surface area (Å²) in [4.78, 5) is 33.1. The lowest BCUT2D eigenvalue weighted by Gasteiger charge is -2.34. The number of hydrogen-bond acceptors (Lipinski definition) is 7. The Morgan fingerprint density at radius 1 is 1.09 bits per heavy atom. The average Bonchev–Trinajstić information content (AvgIpc) is 3.26. The maximum absolute atomic E-state index is 13.6. The van der Waals surface area contributed by atoms with Gasteiger partial charge < -0.3 is 19.5 Å². The Labute approximate surface area is 274 Å². The number of aryl methyl sites for hydroxylation is 1. The number of carbonyl (C=O) groups excluding carboxylic acids is 2. The monoisotopic (exact) mass is 729 g/mol. The van der Waals surface area contributed by atoms with Crippen LogP contribution in [0.15, 0.2) is 40.9 Å². The molecule has 2 aliphatic heterocycles. The second-order valence-electron chi connectivity index (χ2n) is 11.5. The summed E-state index contributed by atoms with van der Waals surface area (Å²) in [6.07, 6.45) is -11.2. The van der Waals surface area contributed by atoms with Gasteiger partial charge in [0.1, 0.15) is 17.7 Å². The van der Waals surface area contributed by atoms with Crippen molar-refractivity contribution in [2.45, 2.75) is 64.2 Å². The van der Waals surface area contributed by atoms with E-state index in [1.54, 1.807) is 19.1 Å². The maximum Gasteiger partial charge on any atom is 0.416 e. The van der Waals surface area contributed by atoms with Gasteiger partial charge in [-0.25, -0.2) is 9.78 Å². The van der Waals surface area contributed by atoms with Crippen molar-refractivity contribution in [3.8, 4) is 16.9 Å². The van der Waals surface area contributed by atoms with Crippen LogP contribution in [0.5, 0.6) is 5.75 Å². The van der Waals surface area contributed by atoms with E-state index in [1.807, 2.05) is 4.90 Å². The number of cyclic esters (lactones) is 1. The number of esters is 1.